The van der Waals surface area contributed by atoms with Crippen LogP contribution in [0.2, 0.25) is 0 Å². The first-order chi connectivity index (χ1) is 5.42. The molecule has 12 heavy (non-hydrogen) atoms. The maximum atomic E-state index is 10.9. The molecule has 70 valence electrons. The lowest BCUT2D eigenvalue weighted by Crippen LogP contribution is -2.40. The largest absolute Gasteiger partial charge is 0.481 e. The summed E-state index contributed by atoms with van der Waals surface area (Å²) in [7, 11) is -3.25. The Labute approximate surface area is 69.9 Å². The third kappa shape index (κ3) is 1.95. The van der Waals surface area contributed by atoms with Gasteiger partial charge >= 0.3 is 5.97 Å². The van der Waals surface area contributed by atoms with Crippen LogP contribution in [0.5, 0.6) is 0 Å². The van der Waals surface area contributed by atoms with Crippen molar-refractivity contribution in [3.63, 3.8) is 0 Å². The Bertz CT molecular complexity index is 280. The maximum absolute atomic E-state index is 10.9. The van der Waals surface area contributed by atoms with Crippen molar-refractivity contribution < 1.29 is 23.4 Å². The van der Waals surface area contributed by atoms with Crippen LogP contribution in [0.4, 0.5) is 0 Å². The number of hydrogen-bond donors (Lipinski definition) is 2. The number of aliphatic hydroxyl groups excluding tert-OH is 1. The minimum Gasteiger partial charge on any atom is -0.481 e. The van der Waals surface area contributed by atoms with Crippen LogP contribution < -0.4 is 0 Å². The van der Waals surface area contributed by atoms with Crippen LogP contribution in [-0.2, 0) is 14.6 Å². The Morgan fingerprint density at radius 3 is 2.42 bits per heavy atom. The van der Waals surface area contributed by atoms with Gasteiger partial charge in [-0.1, -0.05) is 0 Å². The van der Waals surface area contributed by atoms with Crippen LogP contribution in [0.25, 0.3) is 0 Å². The Morgan fingerprint density at radius 2 is 2.00 bits per heavy atom. The smallest absolute Gasteiger partial charge is 0.310 e. The molecule has 0 saturated carbocycles. The molecule has 1 rings (SSSR count). The highest BCUT2D eigenvalue weighted by Gasteiger charge is 2.36. The first-order valence-corrected chi connectivity index (χ1v) is 5.36. The summed E-state index contributed by atoms with van der Waals surface area (Å²) in [5, 5.41) is 17.6. The van der Waals surface area contributed by atoms with Gasteiger partial charge in [0.15, 0.2) is 9.84 Å². The molecule has 0 aromatic rings. The van der Waals surface area contributed by atoms with Crippen LogP contribution in [0.15, 0.2) is 0 Å². The molecule has 6 heteroatoms. The molecule has 2 atom stereocenters. The number of aliphatic carboxylic acids is 1. The van der Waals surface area contributed by atoms with Gasteiger partial charge in [0.25, 0.3) is 0 Å². The predicted octanol–water partition coefficient (Wildman–Crippen LogP) is -1.13. The quantitative estimate of drug-likeness (QED) is 0.551. The van der Waals surface area contributed by atoms with Crippen LogP contribution in [-0.4, -0.2) is 42.2 Å². The molecule has 0 amide bonds. The van der Waals surface area contributed by atoms with E-state index in [1.54, 1.807) is 0 Å². The Balaban J connectivity index is 2.79. The molecule has 0 spiro atoms. The second kappa shape index (κ2) is 3.02. The molecule has 0 unspecified atom stereocenters. The van der Waals surface area contributed by atoms with Crippen molar-refractivity contribution >= 4 is 15.8 Å². The fraction of sp³-hybridized carbons (Fsp3) is 0.833. The molecule has 1 aliphatic rings. The lowest BCUT2D eigenvalue weighted by Gasteiger charge is -2.23. The lowest BCUT2D eigenvalue weighted by atomic mass is 10.0. The zero-order valence-corrected chi connectivity index (χ0v) is 7.12. The van der Waals surface area contributed by atoms with Crippen LogP contribution in [0.3, 0.4) is 0 Å². The average molecular weight is 194 g/mol. The molecule has 1 fully saturated rings. The first-order valence-electron chi connectivity index (χ1n) is 3.54. The van der Waals surface area contributed by atoms with E-state index in [2.05, 4.69) is 0 Å². The van der Waals surface area contributed by atoms with Crippen LogP contribution in [0.1, 0.15) is 6.42 Å². The monoisotopic (exact) mass is 194 g/mol. The van der Waals surface area contributed by atoms with E-state index in [-0.39, 0.29) is 12.2 Å². The van der Waals surface area contributed by atoms with Crippen LogP contribution >= 0.6 is 0 Å². The highest BCUT2D eigenvalue weighted by Crippen LogP contribution is 2.18. The van der Waals surface area contributed by atoms with Gasteiger partial charge in [-0.2, -0.15) is 0 Å². The lowest BCUT2D eigenvalue weighted by molar-refractivity contribution is -0.144. The number of aliphatic hydroxyl groups is 1. The number of carbonyl (C=O) groups is 1. The molecular weight excluding hydrogens is 184 g/mol. The first kappa shape index (κ1) is 9.47. The standard InChI is InChI=1S/C6H10O5S/c7-5-1-2-12(10,11)3-4(5)6(8)9/h4-5,7H,1-3H2,(H,8,9)/t4-,5-/m0/s1. The Hall–Kier alpha value is -0.620. The highest BCUT2D eigenvalue weighted by atomic mass is 32.2. The summed E-state index contributed by atoms with van der Waals surface area (Å²) >= 11 is 0. The van der Waals surface area contributed by atoms with E-state index in [1.165, 1.54) is 0 Å². The summed E-state index contributed by atoms with van der Waals surface area (Å²) in [6.45, 7) is 0. The van der Waals surface area contributed by atoms with E-state index < -0.39 is 33.6 Å². The summed E-state index contributed by atoms with van der Waals surface area (Å²) in [5.74, 6) is -2.95. The van der Waals surface area contributed by atoms with Gasteiger partial charge in [0.1, 0.15) is 0 Å². The molecule has 1 saturated heterocycles. The van der Waals surface area contributed by atoms with Crippen molar-refractivity contribution in [3.05, 3.63) is 0 Å². The van der Waals surface area contributed by atoms with Crippen LogP contribution in [0, 0.1) is 5.92 Å². The zero-order valence-electron chi connectivity index (χ0n) is 6.30. The van der Waals surface area contributed by atoms with E-state index in [9.17, 15) is 13.2 Å². The molecule has 1 aliphatic heterocycles. The van der Waals surface area contributed by atoms with Crippen molar-refractivity contribution in [3.8, 4) is 0 Å². The number of carboxylic acids is 1. The SMILES string of the molecule is O=C(O)[C@H]1CS(=O)(=O)CC[C@@H]1O. The molecule has 0 aromatic carbocycles. The molecular formula is C6H10O5S. The summed E-state index contributed by atoms with van der Waals surface area (Å²) in [6.07, 6.45) is -0.995. The summed E-state index contributed by atoms with van der Waals surface area (Å²) in [6, 6.07) is 0. The Kier molecular flexibility index (Phi) is 2.39. The normalized spacial score (nSPS) is 34.4. The van der Waals surface area contributed by atoms with Gasteiger partial charge in [0, 0.05) is 0 Å². The predicted molar refractivity (Wildman–Crippen MR) is 40.4 cm³/mol. The second-order valence-corrected chi connectivity index (χ2v) is 5.14. The average Bonchev–Trinajstić information content (AvgIpc) is 1.94. The van der Waals surface area contributed by atoms with Crippen molar-refractivity contribution in [2.75, 3.05) is 11.5 Å². The molecule has 0 bridgehead atoms. The third-order valence-corrected chi connectivity index (χ3v) is 3.66. The second-order valence-electron chi connectivity index (χ2n) is 2.92. The number of hydrogen-bond acceptors (Lipinski definition) is 4. The van der Waals surface area contributed by atoms with Gasteiger partial charge in [0.05, 0.1) is 23.5 Å². The molecule has 5 nitrogen and oxygen atoms in total. The number of rotatable bonds is 1. The maximum Gasteiger partial charge on any atom is 0.310 e. The van der Waals surface area contributed by atoms with E-state index in [4.69, 9.17) is 10.2 Å². The molecule has 1 heterocycles. The van der Waals surface area contributed by atoms with Gasteiger partial charge in [-0.25, -0.2) is 8.42 Å². The summed E-state index contributed by atoms with van der Waals surface area (Å²) < 4.78 is 21.9. The van der Waals surface area contributed by atoms with Crippen molar-refractivity contribution in [1.82, 2.24) is 0 Å². The molecule has 0 aliphatic carbocycles. The number of sulfone groups is 1. The zero-order chi connectivity index (χ0) is 9.35. The van der Waals surface area contributed by atoms with Crippen molar-refractivity contribution in [2.45, 2.75) is 12.5 Å². The summed E-state index contributed by atoms with van der Waals surface area (Å²) in [5.41, 5.74) is 0. The van der Waals surface area contributed by atoms with Gasteiger partial charge < -0.3 is 10.2 Å². The van der Waals surface area contributed by atoms with Gasteiger partial charge in [-0.15, -0.1) is 0 Å². The minimum atomic E-state index is -3.25. The Morgan fingerprint density at radius 1 is 1.42 bits per heavy atom. The highest BCUT2D eigenvalue weighted by molar-refractivity contribution is 7.91. The number of carboxylic acid groups (broad SMARTS) is 1. The molecule has 0 aromatic heterocycles. The van der Waals surface area contributed by atoms with E-state index >= 15 is 0 Å². The van der Waals surface area contributed by atoms with Crippen molar-refractivity contribution in [1.29, 1.82) is 0 Å². The van der Waals surface area contributed by atoms with E-state index in [0.717, 1.165) is 0 Å². The third-order valence-electron chi connectivity index (χ3n) is 1.94. The fourth-order valence-electron chi connectivity index (χ4n) is 1.21. The minimum absolute atomic E-state index is 0.0271. The molecule has 2 N–H and O–H groups in total. The fourth-order valence-corrected chi connectivity index (χ4v) is 2.88. The summed E-state index contributed by atoms with van der Waals surface area (Å²) in [4.78, 5) is 10.4. The molecule has 0 radical (unpaired) electrons. The van der Waals surface area contributed by atoms with Gasteiger partial charge in [-0.05, 0) is 6.42 Å². The van der Waals surface area contributed by atoms with Crippen molar-refractivity contribution in [2.24, 2.45) is 5.92 Å². The van der Waals surface area contributed by atoms with E-state index in [0.29, 0.717) is 0 Å². The van der Waals surface area contributed by atoms with Gasteiger partial charge in [0.2, 0.25) is 0 Å². The van der Waals surface area contributed by atoms with E-state index in [1.807, 2.05) is 0 Å². The van der Waals surface area contributed by atoms with Gasteiger partial charge in [-0.3, -0.25) is 4.79 Å². The topological polar surface area (TPSA) is 91.7 Å².